The molecule has 0 saturated carbocycles. The predicted octanol–water partition coefficient (Wildman–Crippen LogP) is 6.22. The fourth-order valence-electron chi connectivity index (χ4n) is 3.13. The summed E-state index contributed by atoms with van der Waals surface area (Å²) in [5, 5.41) is 7.38. The van der Waals surface area contributed by atoms with E-state index in [9.17, 15) is 9.59 Å². The summed E-state index contributed by atoms with van der Waals surface area (Å²) in [6.07, 6.45) is 1.38. The smallest absolute Gasteiger partial charge is 0.329 e. The monoisotopic (exact) mass is 607 g/mol. The van der Waals surface area contributed by atoms with Gasteiger partial charge in [0.2, 0.25) is 0 Å². The van der Waals surface area contributed by atoms with Gasteiger partial charge in [-0.05, 0) is 71.7 Å². The van der Waals surface area contributed by atoms with E-state index in [1.54, 1.807) is 54.6 Å². The van der Waals surface area contributed by atoms with Gasteiger partial charge in [-0.25, -0.2) is 5.43 Å². The van der Waals surface area contributed by atoms with E-state index in [1.807, 2.05) is 13.8 Å². The van der Waals surface area contributed by atoms with E-state index in [0.29, 0.717) is 61.8 Å². The Morgan fingerprint density at radius 3 is 2.30 bits per heavy atom. The molecular formula is C26H24BrCl2N3O5. The molecule has 0 bridgehead atoms. The molecule has 0 spiro atoms. The van der Waals surface area contributed by atoms with Crippen LogP contribution in [0.2, 0.25) is 10.0 Å². The van der Waals surface area contributed by atoms with Gasteiger partial charge in [0.1, 0.15) is 12.4 Å². The number of anilines is 1. The lowest BCUT2D eigenvalue weighted by Gasteiger charge is -2.15. The molecule has 2 N–H and O–H groups in total. The first-order chi connectivity index (χ1) is 17.8. The molecule has 2 amide bonds. The third kappa shape index (κ3) is 7.85. The van der Waals surface area contributed by atoms with Crippen molar-refractivity contribution in [1.82, 2.24) is 5.43 Å². The second-order valence-electron chi connectivity index (χ2n) is 7.33. The van der Waals surface area contributed by atoms with Crippen molar-refractivity contribution >= 4 is 62.8 Å². The number of nitrogens with one attached hydrogen (secondary N) is 2. The van der Waals surface area contributed by atoms with Crippen LogP contribution in [0.25, 0.3) is 0 Å². The first-order valence-electron chi connectivity index (χ1n) is 11.2. The molecule has 0 fully saturated rings. The highest BCUT2D eigenvalue weighted by molar-refractivity contribution is 9.10. The Kier molecular flexibility index (Phi) is 10.6. The van der Waals surface area contributed by atoms with Crippen LogP contribution in [0.4, 0.5) is 5.69 Å². The highest BCUT2D eigenvalue weighted by atomic mass is 79.9. The summed E-state index contributed by atoms with van der Waals surface area (Å²) < 4.78 is 17.7. The van der Waals surface area contributed by atoms with E-state index in [4.69, 9.17) is 37.4 Å². The Morgan fingerprint density at radius 2 is 1.59 bits per heavy atom. The van der Waals surface area contributed by atoms with Crippen LogP contribution in [0.5, 0.6) is 17.2 Å². The average Bonchev–Trinajstić information content (AvgIpc) is 2.86. The van der Waals surface area contributed by atoms with E-state index in [1.165, 1.54) is 6.21 Å². The SMILES string of the molecule is CCOc1ccccc1NC(=O)C(=O)N/N=C/c1cc(Br)c(OCc2c(Cl)cccc2Cl)c(OCC)c1. The van der Waals surface area contributed by atoms with E-state index in [0.717, 1.165) is 0 Å². The van der Waals surface area contributed by atoms with Gasteiger partial charge in [-0.1, -0.05) is 41.4 Å². The van der Waals surface area contributed by atoms with Gasteiger partial charge in [0.15, 0.2) is 11.5 Å². The van der Waals surface area contributed by atoms with Crippen LogP contribution >= 0.6 is 39.1 Å². The zero-order valence-electron chi connectivity index (χ0n) is 20.0. The highest BCUT2D eigenvalue weighted by Crippen LogP contribution is 2.38. The van der Waals surface area contributed by atoms with Gasteiger partial charge in [-0.3, -0.25) is 9.59 Å². The molecule has 11 heteroatoms. The zero-order chi connectivity index (χ0) is 26.8. The molecule has 37 heavy (non-hydrogen) atoms. The van der Waals surface area contributed by atoms with Crippen molar-refractivity contribution in [2.45, 2.75) is 20.5 Å². The lowest BCUT2D eigenvalue weighted by Crippen LogP contribution is -2.32. The number of carbonyl (C=O) groups is 2. The van der Waals surface area contributed by atoms with E-state index >= 15 is 0 Å². The fraction of sp³-hybridized carbons (Fsp3) is 0.192. The maximum Gasteiger partial charge on any atom is 0.329 e. The Bertz CT molecular complexity index is 1280. The molecule has 0 aliphatic heterocycles. The molecule has 0 saturated heterocycles. The molecule has 0 unspecified atom stereocenters. The van der Waals surface area contributed by atoms with Gasteiger partial charge < -0.3 is 19.5 Å². The number of halogens is 3. The number of hydrogen-bond donors (Lipinski definition) is 2. The molecule has 3 rings (SSSR count). The van der Waals surface area contributed by atoms with Crippen LogP contribution in [0.3, 0.4) is 0 Å². The van der Waals surface area contributed by atoms with Crippen LogP contribution in [0, 0.1) is 0 Å². The lowest BCUT2D eigenvalue weighted by molar-refractivity contribution is -0.136. The summed E-state index contributed by atoms with van der Waals surface area (Å²) >= 11 is 16.0. The van der Waals surface area contributed by atoms with Gasteiger partial charge in [0.05, 0.1) is 29.6 Å². The van der Waals surface area contributed by atoms with E-state index in [-0.39, 0.29) is 6.61 Å². The fourth-order valence-corrected chi connectivity index (χ4v) is 4.21. The number of amides is 2. The third-order valence-electron chi connectivity index (χ3n) is 4.78. The van der Waals surface area contributed by atoms with Gasteiger partial charge in [-0.2, -0.15) is 5.10 Å². The number of hydrazone groups is 1. The molecule has 8 nitrogen and oxygen atoms in total. The predicted molar refractivity (Wildman–Crippen MR) is 148 cm³/mol. The Hall–Kier alpha value is -3.27. The number of rotatable bonds is 10. The lowest BCUT2D eigenvalue weighted by atomic mass is 10.2. The van der Waals surface area contributed by atoms with Crippen LogP contribution in [-0.2, 0) is 16.2 Å². The molecule has 194 valence electrons. The van der Waals surface area contributed by atoms with Crippen molar-refractivity contribution in [1.29, 1.82) is 0 Å². The molecular weight excluding hydrogens is 585 g/mol. The average molecular weight is 609 g/mol. The van der Waals surface area contributed by atoms with Gasteiger partial charge >= 0.3 is 11.8 Å². The van der Waals surface area contributed by atoms with Crippen molar-refractivity contribution in [3.05, 3.63) is 80.2 Å². The summed E-state index contributed by atoms with van der Waals surface area (Å²) in [7, 11) is 0. The standard InChI is InChI=1S/C26H24BrCl2N3O5/c1-3-35-22-11-6-5-10-21(22)31-25(33)26(34)32-30-14-16-12-18(27)24(23(13-16)36-4-2)37-15-17-19(28)8-7-9-20(17)29/h5-14H,3-4,15H2,1-2H3,(H,31,33)(H,32,34)/b30-14+. The number of nitrogens with zero attached hydrogens (tertiary/aromatic N) is 1. The molecule has 3 aromatic carbocycles. The van der Waals surface area contributed by atoms with Gasteiger partial charge in [0.25, 0.3) is 0 Å². The summed E-state index contributed by atoms with van der Waals surface area (Å²) in [6.45, 7) is 4.59. The summed E-state index contributed by atoms with van der Waals surface area (Å²) in [5.74, 6) is -0.475. The maximum atomic E-state index is 12.3. The maximum absolute atomic E-state index is 12.3. The summed E-state index contributed by atoms with van der Waals surface area (Å²) in [6, 6.07) is 15.4. The van der Waals surface area contributed by atoms with Crippen molar-refractivity contribution in [2.24, 2.45) is 5.10 Å². The van der Waals surface area contributed by atoms with Gasteiger partial charge in [-0.15, -0.1) is 0 Å². The van der Waals surface area contributed by atoms with Crippen molar-refractivity contribution < 1.29 is 23.8 Å². The first-order valence-corrected chi connectivity index (χ1v) is 12.8. The quantitative estimate of drug-likeness (QED) is 0.162. The third-order valence-corrected chi connectivity index (χ3v) is 6.07. The van der Waals surface area contributed by atoms with Crippen molar-refractivity contribution in [2.75, 3.05) is 18.5 Å². The number of benzene rings is 3. The van der Waals surface area contributed by atoms with Crippen LogP contribution < -0.4 is 25.0 Å². The molecule has 0 heterocycles. The van der Waals surface area contributed by atoms with E-state index in [2.05, 4.69) is 31.8 Å². The minimum Gasteiger partial charge on any atom is -0.492 e. The topological polar surface area (TPSA) is 98.2 Å². The molecule has 0 aliphatic rings. The Balaban J connectivity index is 1.68. The van der Waals surface area contributed by atoms with Gasteiger partial charge in [0, 0.05) is 15.6 Å². The molecule has 0 atom stereocenters. The number of ether oxygens (including phenoxy) is 3. The molecule has 0 radical (unpaired) electrons. The van der Waals surface area contributed by atoms with Crippen LogP contribution in [-0.4, -0.2) is 31.2 Å². The van der Waals surface area contributed by atoms with Crippen molar-refractivity contribution in [3.8, 4) is 17.2 Å². The molecule has 0 aromatic heterocycles. The number of hydrogen-bond acceptors (Lipinski definition) is 6. The van der Waals surface area contributed by atoms with Crippen molar-refractivity contribution in [3.63, 3.8) is 0 Å². The number of carbonyl (C=O) groups excluding carboxylic acids is 2. The minimum atomic E-state index is -0.941. The van der Waals surface area contributed by atoms with Crippen LogP contribution in [0.15, 0.2) is 64.2 Å². The zero-order valence-corrected chi connectivity index (χ0v) is 23.1. The number of para-hydroxylation sites is 2. The Morgan fingerprint density at radius 1 is 0.919 bits per heavy atom. The first kappa shape index (κ1) is 28.3. The van der Waals surface area contributed by atoms with Crippen LogP contribution in [0.1, 0.15) is 25.0 Å². The second kappa shape index (κ2) is 13.9. The normalized spacial score (nSPS) is 10.7. The summed E-state index contributed by atoms with van der Waals surface area (Å²) in [4.78, 5) is 24.5. The summed E-state index contributed by atoms with van der Waals surface area (Å²) in [5.41, 5.74) is 3.82. The Labute approximate surface area is 233 Å². The molecule has 3 aromatic rings. The second-order valence-corrected chi connectivity index (χ2v) is 9.00. The highest BCUT2D eigenvalue weighted by Gasteiger charge is 2.16. The van der Waals surface area contributed by atoms with E-state index < -0.39 is 11.8 Å². The minimum absolute atomic E-state index is 0.127. The molecule has 0 aliphatic carbocycles. The largest absolute Gasteiger partial charge is 0.492 e.